The first kappa shape index (κ1) is 12.4. The Morgan fingerprint density at radius 1 is 1.18 bits per heavy atom. The van der Waals surface area contributed by atoms with Crippen LogP contribution in [0.3, 0.4) is 0 Å². The fourth-order valence-corrected chi connectivity index (χ4v) is 2.04. The van der Waals surface area contributed by atoms with E-state index in [2.05, 4.69) is 21.2 Å². The summed E-state index contributed by atoms with van der Waals surface area (Å²) < 4.78 is 13.9. The van der Waals surface area contributed by atoms with Gasteiger partial charge in [0.2, 0.25) is 0 Å². The lowest BCUT2D eigenvalue weighted by atomic mass is 10.2. The van der Waals surface area contributed by atoms with Crippen LogP contribution in [0.1, 0.15) is 5.56 Å². The van der Waals surface area contributed by atoms with Gasteiger partial charge in [0, 0.05) is 16.0 Å². The van der Waals surface area contributed by atoms with Crippen LogP contribution in [-0.4, -0.2) is 0 Å². The van der Waals surface area contributed by atoms with Gasteiger partial charge < -0.3 is 5.32 Å². The molecule has 0 aromatic heterocycles. The van der Waals surface area contributed by atoms with Crippen LogP contribution in [0.5, 0.6) is 0 Å². The fraction of sp³-hybridized carbons (Fsp3) is 0.0769. The van der Waals surface area contributed by atoms with Gasteiger partial charge in [-0.05, 0) is 51.8 Å². The molecule has 0 bridgehead atoms. The molecule has 0 fully saturated rings. The van der Waals surface area contributed by atoms with Crippen LogP contribution in [-0.2, 0) is 6.54 Å². The monoisotopic (exact) mass is 313 g/mol. The highest BCUT2D eigenvalue weighted by Crippen LogP contribution is 2.26. The third-order valence-corrected chi connectivity index (χ3v) is 3.23. The maximum absolute atomic E-state index is 13.0. The topological polar surface area (TPSA) is 12.0 Å². The van der Waals surface area contributed by atoms with Crippen molar-refractivity contribution < 1.29 is 4.39 Å². The lowest BCUT2D eigenvalue weighted by Crippen LogP contribution is -2.00. The van der Waals surface area contributed by atoms with Gasteiger partial charge >= 0.3 is 0 Å². The van der Waals surface area contributed by atoms with E-state index in [0.29, 0.717) is 11.6 Å². The van der Waals surface area contributed by atoms with Gasteiger partial charge in [0.1, 0.15) is 5.82 Å². The number of rotatable bonds is 3. The minimum atomic E-state index is -0.227. The Bertz CT molecular complexity index is 531. The molecular formula is C13H10BrClFN. The van der Waals surface area contributed by atoms with Crippen LogP contribution < -0.4 is 5.32 Å². The Morgan fingerprint density at radius 2 is 2.00 bits per heavy atom. The Morgan fingerprint density at radius 3 is 2.76 bits per heavy atom. The van der Waals surface area contributed by atoms with Gasteiger partial charge in [-0.1, -0.05) is 23.7 Å². The molecule has 0 heterocycles. The van der Waals surface area contributed by atoms with E-state index < -0.39 is 0 Å². The second kappa shape index (κ2) is 5.52. The summed E-state index contributed by atoms with van der Waals surface area (Å²) in [5, 5.41) is 3.86. The van der Waals surface area contributed by atoms with E-state index in [1.54, 1.807) is 12.1 Å². The number of hydrogen-bond acceptors (Lipinski definition) is 1. The van der Waals surface area contributed by atoms with Crippen molar-refractivity contribution in [2.75, 3.05) is 5.32 Å². The summed E-state index contributed by atoms with van der Waals surface area (Å²) >= 11 is 9.33. The zero-order chi connectivity index (χ0) is 12.3. The number of nitrogens with one attached hydrogen (secondary N) is 1. The molecule has 17 heavy (non-hydrogen) atoms. The molecule has 2 rings (SSSR count). The third-order valence-electron chi connectivity index (χ3n) is 2.30. The Labute approximate surface area is 113 Å². The zero-order valence-electron chi connectivity index (χ0n) is 8.88. The summed E-state index contributed by atoms with van der Waals surface area (Å²) in [7, 11) is 0. The molecule has 0 aliphatic rings. The maximum atomic E-state index is 13.0. The molecule has 4 heteroatoms. The molecule has 0 spiro atoms. The average Bonchev–Trinajstić information content (AvgIpc) is 2.30. The molecule has 0 saturated carbocycles. The van der Waals surface area contributed by atoms with E-state index in [0.717, 1.165) is 15.7 Å². The molecule has 0 unspecified atom stereocenters. The summed E-state index contributed by atoms with van der Waals surface area (Å²) in [6, 6.07) is 12.0. The van der Waals surface area contributed by atoms with Crippen molar-refractivity contribution in [1.82, 2.24) is 0 Å². The number of benzene rings is 2. The molecule has 2 aromatic carbocycles. The zero-order valence-corrected chi connectivity index (χ0v) is 11.2. The van der Waals surface area contributed by atoms with Crippen molar-refractivity contribution in [2.24, 2.45) is 0 Å². The molecule has 1 nitrogen and oxygen atoms in total. The summed E-state index contributed by atoms with van der Waals surface area (Å²) in [6.07, 6.45) is 0. The van der Waals surface area contributed by atoms with Crippen LogP contribution in [0.25, 0.3) is 0 Å². The van der Waals surface area contributed by atoms with Crippen LogP contribution >= 0.6 is 27.5 Å². The van der Waals surface area contributed by atoms with E-state index in [9.17, 15) is 4.39 Å². The van der Waals surface area contributed by atoms with E-state index in [1.165, 1.54) is 12.1 Å². The van der Waals surface area contributed by atoms with Gasteiger partial charge in [-0.2, -0.15) is 0 Å². The third kappa shape index (κ3) is 3.45. The van der Waals surface area contributed by atoms with Gasteiger partial charge in [0.05, 0.1) is 5.69 Å². The van der Waals surface area contributed by atoms with E-state index in [-0.39, 0.29) is 5.82 Å². The van der Waals surface area contributed by atoms with Crippen molar-refractivity contribution in [3.63, 3.8) is 0 Å². The molecule has 0 atom stereocenters. The molecule has 0 saturated heterocycles. The van der Waals surface area contributed by atoms with Gasteiger partial charge in [0.25, 0.3) is 0 Å². The van der Waals surface area contributed by atoms with Gasteiger partial charge in [0.15, 0.2) is 0 Å². The predicted octanol–water partition coefficient (Wildman–Crippen LogP) is 4.85. The Kier molecular flexibility index (Phi) is 4.02. The first-order valence-electron chi connectivity index (χ1n) is 5.08. The summed E-state index contributed by atoms with van der Waals surface area (Å²) in [5.41, 5.74) is 1.78. The molecule has 0 radical (unpaired) electrons. The number of halogens is 3. The highest BCUT2D eigenvalue weighted by atomic mass is 79.9. The average molecular weight is 315 g/mol. The second-order valence-electron chi connectivity index (χ2n) is 3.61. The van der Waals surface area contributed by atoms with E-state index in [4.69, 9.17) is 11.6 Å². The lowest BCUT2D eigenvalue weighted by Gasteiger charge is -2.09. The van der Waals surface area contributed by atoms with Crippen LogP contribution in [0.2, 0.25) is 5.02 Å². The van der Waals surface area contributed by atoms with Crippen molar-refractivity contribution in [1.29, 1.82) is 0 Å². The summed E-state index contributed by atoms with van der Waals surface area (Å²) in [5.74, 6) is -0.227. The standard InChI is InChI=1S/C13H10BrClFN/c14-12-5-4-10(15)7-13(12)17-8-9-2-1-3-11(16)6-9/h1-7,17H,8H2. The molecular weight excluding hydrogens is 305 g/mol. The van der Waals surface area contributed by atoms with Crippen molar-refractivity contribution in [3.05, 3.63) is 63.3 Å². The number of hydrogen-bond donors (Lipinski definition) is 1. The molecule has 88 valence electrons. The van der Waals surface area contributed by atoms with Gasteiger partial charge in [-0.15, -0.1) is 0 Å². The van der Waals surface area contributed by atoms with Crippen molar-refractivity contribution in [2.45, 2.75) is 6.54 Å². The van der Waals surface area contributed by atoms with Crippen LogP contribution in [0.4, 0.5) is 10.1 Å². The number of anilines is 1. The molecule has 0 amide bonds. The largest absolute Gasteiger partial charge is 0.380 e. The first-order valence-corrected chi connectivity index (χ1v) is 6.25. The normalized spacial score (nSPS) is 10.3. The quantitative estimate of drug-likeness (QED) is 0.853. The van der Waals surface area contributed by atoms with Crippen molar-refractivity contribution >= 4 is 33.2 Å². The Hall–Kier alpha value is -1.06. The highest BCUT2D eigenvalue weighted by molar-refractivity contribution is 9.10. The van der Waals surface area contributed by atoms with Gasteiger partial charge in [-0.3, -0.25) is 0 Å². The lowest BCUT2D eigenvalue weighted by molar-refractivity contribution is 0.626. The van der Waals surface area contributed by atoms with Gasteiger partial charge in [-0.25, -0.2) is 4.39 Å². The van der Waals surface area contributed by atoms with Crippen LogP contribution in [0.15, 0.2) is 46.9 Å². The SMILES string of the molecule is Fc1cccc(CNc2cc(Cl)ccc2Br)c1. The highest BCUT2D eigenvalue weighted by Gasteiger charge is 2.01. The maximum Gasteiger partial charge on any atom is 0.123 e. The van der Waals surface area contributed by atoms with Crippen LogP contribution in [0, 0.1) is 5.82 Å². The smallest absolute Gasteiger partial charge is 0.123 e. The minimum absolute atomic E-state index is 0.227. The summed E-state index contributed by atoms with van der Waals surface area (Å²) in [4.78, 5) is 0. The Balaban J connectivity index is 2.09. The second-order valence-corrected chi connectivity index (χ2v) is 4.90. The molecule has 0 aliphatic carbocycles. The first-order chi connectivity index (χ1) is 8.15. The van der Waals surface area contributed by atoms with Crippen molar-refractivity contribution in [3.8, 4) is 0 Å². The molecule has 2 aromatic rings. The summed E-state index contributed by atoms with van der Waals surface area (Å²) in [6.45, 7) is 0.552. The molecule has 0 aliphatic heterocycles. The van der Waals surface area contributed by atoms with E-state index >= 15 is 0 Å². The fourth-order valence-electron chi connectivity index (χ4n) is 1.48. The minimum Gasteiger partial charge on any atom is -0.380 e. The van der Waals surface area contributed by atoms with E-state index in [1.807, 2.05) is 18.2 Å². The predicted molar refractivity (Wildman–Crippen MR) is 72.9 cm³/mol. The molecule has 1 N–H and O–H groups in total.